The Morgan fingerprint density at radius 2 is 2.00 bits per heavy atom. The lowest BCUT2D eigenvalue weighted by Gasteiger charge is -2.11. The summed E-state index contributed by atoms with van der Waals surface area (Å²) in [5.74, 6) is 0.233. The number of benzene rings is 2. The van der Waals surface area contributed by atoms with Gasteiger partial charge in [0, 0.05) is 16.9 Å². The Balaban J connectivity index is 1.63. The standard InChI is InChI=1S/C20H14ClN3O3S/c1-28-20-13(3-2-8-22-20)18(25)23-12-5-7-16-14(10-12)19(26)24-15-9-11(21)4-6-17(15)27-16/h2-10H,1H3,(H,23,25)(H,24,26). The smallest absolute Gasteiger partial charge is 0.259 e. The zero-order chi connectivity index (χ0) is 19.7. The van der Waals surface area contributed by atoms with E-state index in [0.717, 1.165) is 0 Å². The maximum Gasteiger partial charge on any atom is 0.259 e. The van der Waals surface area contributed by atoms with Crippen LogP contribution < -0.4 is 15.4 Å². The van der Waals surface area contributed by atoms with Crippen molar-refractivity contribution in [1.82, 2.24) is 4.98 Å². The number of carbonyl (C=O) groups excluding carboxylic acids is 2. The molecular formula is C20H14ClN3O3S. The van der Waals surface area contributed by atoms with Gasteiger partial charge in [0.05, 0.1) is 16.8 Å². The predicted molar refractivity (Wildman–Crippen MR) is 110 cm³/mol. The van der Waals surface area contributed by atoms with Crippen molar-refractivity contribution in [3.63, 3.8) is 0 Å². The molecular weight excluding hydrogens is 398 g/mol. The van der Waals surface area contributed by atoms with Crippen molar-refractivity contribution in [3.8, 4) is 11.5 Å². The zero-order valence-electron chi connectivity index (χ0n) is 14.7. The Morgan fingerprint density at radius 3 is 2.82 bits per heavy atom. The second-order valence-electron chi connectivity index (χ2n) is 5.92. The lowest BCUT2D eigenvalue weighted by molar-refractivity contribution is 0.101. The van der Waals surface area contributed by atoms with Gasteiger partial charge in [-0.1, -0.05) is 11.6 Å². The van der Waals surface area contributed by atoms with Crippen molar-refractivity contribution in [3.05, 3.63) is 70.9 Å². The molecule has 0 saturated carbocycles. The number of hydrogen-bond acceptors (Lipinski definition) is 5. The highest BCUT2D eigenvalue weighted by molar-refractivity contribution is 7.98. The monoisotopic (exact) mass is 411 g/mol. The molecule has 4 rings (SSSR count). The molecule has 6 nitrogen and oxygen atoms in total. The first-order valence-corrected chi connectivity index (χ1v) is 9.88. The molecule has 0 fully saturated rings. The third kappa shape index (κ3) is 3.54. The number of nitrogens with one attached hydrogen (secondary N) is 2. The molecule has 0 aliphatic carbocycles. The molecule has 28 heavy (non-hydrogen) atoms. The lowest BCUT2D eigenvalue weighted by atomic mass is 10.1. The molecule has 1 aliphatic heterocycles. The maximum absolute atomic E-state index is 12.6. The minimum atomic E-state index is -0.349. The second-order valence-corrected chi connectivity index (χ2v) is 7.15. The number of thioether (sulfide) groups is 1. The highest BCUT2D eigenvalue weighted by Crippen LogP contribution is 2.38. The Labute approximate surface area is 170 Å². The molecule has 0 spiro atoms. The van der Waals surface area contributed by atoms with Crippen molar-refractivity contribution >= 4 is 46.6 Å². The van der Waals surface area contributed by atoms with Gasteiger partial charge < -0.3 is 15.4 Å². The van der Waals surface area contributed by atoms with Gasteiger partial charge in [0.25, 0.3) is 11.8 Å². The number of carbonyl (C=O) groups is 2. The SMILES string of the molecule is CSc1ncccc1C(=O)Nc1ccc2c(c1)C(=O)Nc1cc(Cl)ccc1O2. The van der Waals surface area contributed by atoms with E-state index in [9.17, 15) is 9.59 Å². The van der Waals surface area contributed by atoms with E-state index in [0.29, 0.717) is 44.0 Å². The molecule has 1 aromatic heterocycles. The fraction of sp³-hybridized carbons (Fsp3) is 0.0500. The van der Waals surface area contributed by atoms with Crippen LogP contribution in [0.1, 0.15) is 20.7 Å². The molecule has 0 radical (unpaired) electrons. The Morgan fingerprint density at radius 1 is 1.18 bits per heavy atom. The molecule has 2 heterocycles. The molecule has 140 valence electrons. The van der Waals surface area contributed by atoms with Gasteiger partial charge in [-0.3, -0.25) is 9.59 Å². The summed E-state index contributed by atoms with van der Waals surface area (Å²) >= 11 is 7.38. The Bertz CT molecular complexity index is 1100. The van der Waals surface area contributed by atoms with Crippen LogP contribution in [-0.2, 0) is 0 Å². The summed E-state index contributed by atoms with van der Waals surface area (Å²) in [5, 5.41) is 6.70. The first-order valence-electron chi connectivity index (χ1n) is 8.28. The number of fused-ring (bicyclic) bond motifs is 2. The number of hydrogen-bond donors (Lipinski definition) is 2. The van der Waals surface area contributed by atoms with Crippen LogP contribution >= 0.6 is 23.4 Å². The van der Waals surface area contributed by atoms with Crippen molar-refractivity contribution in [1.29, 1.82) is 0 Å². The summed E-state index contributed by atoms with van der Waals surface area (Å²) in [6, 6.07) is 13.3. The van der Waals surface area contributed by atoms with Gasteiger partial charge in [-0.25, -0.2) is 4.98 Å². The molecule has 1 aliphatic rings. The lowest BCUT2D eigenvalue weighted by Crippen LogP contribution is -2.15. The van der Waals surface area contributed by atoms with Crippen LogP contribution in [-0.4, -0.2) is 23.1 Å². The predicted octanol–water partition coefficient (Wildman–Crippen LogP) is 5.07. The highest BCUT2D eigenvalue weighted by Gasteiger charge is 2.22. The summed E-state index contributed by atoms with van der Waals surface area (Å²) in [7, 11) is 0. The number of nitrogens with zero attached hydrogens (tertiary/aromatic N) is 1. The van der Waals surface area contributed by atoms with E-state index in [-0.39, 0.29) is 11.8 Å². The number of aromatic nitrogens is 1. The molecule has 0 atom stereocenters. The number of amides is 2. The molecule has 8 heteroatoms. The van der Waals surface area contributed by atoms with Crippen molar-refractivity contribution < 1.29 is 14.3 Å². The summed E-state index contributed by atoms with van der Waals surface area (Å²) < 4.78 is 5.84. The maximum atomic E-state index is 12.6. The third-order valence-electron chi connectivity index (χ3n) is 4.10. The van der Waals surface area contributed by atoms with Crippen LogP contribution in [0.3, 0.4) is 0 Å². The van der Waals surface area contributed by atoms with Gasteiger partial charge in [0.15, 0.2) is 5.75 Å². The van der Waals surface area contributed by atoms with Gasteiger partial charge in [0.1, 0.15) is 10.8 Å². The van der Waals surface area contributed by atoms with Gasteiger partial charge in [-0.15, -0.1) is 11.8 Å². The van der Waals surface area contributed by atoms with Crippen molar-refractivity contribution in [2.24, 2.45) is 0 Å². The van der Waals surface area contributed by atoms with Gasteiger partial charge in [0.2, 0.25) is 0 Å². The Kier molecular flexibility index (Phi) is 4.93. The van der Waals surface area contributed by atoms with Gasteiger partial charge >= 0.3 is 0 Å². The fourth-order valence-corrected chi connectivity index (χ4v) is 3.51. The van der Waals surface area contributed by atoms with E-state index in [1.807, 2.05) is 6.26 Å². The third-order valence-corrected chi connectivity index (χ3v) is 5.05. The quantitative estimate of drug-likeness (QED) is 0.588. The average molecular weight is 412 g/mol. The van der Waals surface area contributed by atoms with E-state index in [1.165, 1.54) is 11.8 Å². The minimum absolute atomic E-state index is 0.303. The first-order chi connectivity index (χ1) is 13.5. The number of halogens is 1. The summed E-state index contributed by atoms with van der Waals surface area (Å²) in [4.78, 5) is 29.4. The largest absolute Gasteiger partial charge is 0.454 e. The number of anilines is 2. The molecule has 0 unspecified atom stereocenters. The fourth-order valence-electron chi connectivity index (χ4n) is 2.80. The van der Waals surface area contributed by atoms with Gasteiger partial charge in [-0.2, -0.15) is 0 Å². The average Bonchev–Trinajstić information content (AvgIpc) is 2.83. The molecule has 3 aromatic rings. The van der Waals surface area contributed by atoms with E-state index in [2.05, 4.69) is 15.6 Å². The topological polar surface area (TPSA) is 80.3 Å². The van der Waals surface area contributed by atoms with Crippen LogP contribution in [0.2, 0.25) is 5.02 Å². The first kappa shape index (κ1) is 18.3. The summed E-state index contributed by atoms with van der Waals surface area (Å²) in [6.07, 6.45) is 3.49. The summed E-state index contributed by atoms with van der Waals surface area (Å²) in [6.45, 7) is 0. The van der Waals surface area contributed by atoms with Crippen LogP contribution in [0.4, 0.5) is 11.4 Å². The van der Waals surface area contributed by atoms with Crippen LogP contribution in [0.15, 0.2) is 59.8 Å². The Hall–Kier alpha value is -3.03. The van der Waals surface area contributed by atoms with E-state index < -0.39 is 0 Å². The molecule has 2 amide bonds. The van der Waals surface area contributed by atoms with Crippen molar-refractivity contribution in [2.45, 2.75) is 5.03 Å². The zero-order valence-corrected chi connectivity index (χ0v) is 16.2. The van der Waals surface area contributed by atoms with Crippen molar-refractivity contribution in [2.75, 3.05) is 16.9 Å². The molecule has 0 bridgehead atoms. The molecule has 2 N–H and O–H groups in total. The van der Waals surface area contributed by atoms with E-state index in [1.54, 1.807) is 54.7 Å². The van der Waals surface area contributed by atoms with Crippen LogP contribution in [0, 0.1) is 0 Å². The van der Waals surface area contributed by atoms with Gasteiger partial charge in [-0.05, 0) is 54.8 Å². The number of pyridine rings is 1. The van der Waals surface area contributed by atoms with Crippen LogP contribution in [0.5, 0.6) is 11.5 Å². The molecule has 2 aromatic carbocycles. The van der Waals surface area contributed by atoms with Crippen LogP contribution in [0.25, 0.3) is 0 Å². The van der Waals surface area contributed by atoms with E-state index >= 15 is 0 Å². The second kappa shape index (κ2) is 7.53. The normalized spacial score (nSPS) is 12.1. The molecule has 0 saturated heterocycles. The number of ether oxygens (including phenoxy) is 1. The number of rotatable bonds is 3. The van der Waals surface area contributed by atoms with E-state index in [4.69, 9.17) is 16.3 Å². The summed E-state index contributed by atoms with van der Waals surface area (Å²) in [5.41, 5.74) is 1.73. The highest BCUT2D eigenvalue weighted by atomic mass is 35.5. The minimum Gasteiger partial charge on any atom is -0.454 e.